The van der Waals surface area contributed by atoms with E-state index >= 15 is 0 Å². The first-order valence-corrected chi connectivity index (χ1v) is 7.25. The van der Waals surface area contributed by atoms with E-state index in [0.29, 0.717) is 5.56 Å². The summed E-state index contributed by atoms with van der Waals surface area (Å²) in [6.07, 6.45) is 0. The molecule has 0 radical (unpaired) electrons. The Kier molecular flexibility index (Phi) is 6.01. The minimum atomic E-state index is -1.08. The molecule has 0 heterocycles. The predicted molar refractivity (Wildman–Crippen MR) is 85.1 cm³/mol. The van der Waals surface area contributed by atoms with Gasteiger partial charge in [-0.2, -0.15) is 5.26 Å². The zero-order valence-corrected chi connectivity index (χ0v) is 14.0. The molecule has 0 aliphatic carbocycles. The molecule has 0 saturated heterocycles. The Bertz CT molecular complexity index is 708. The fourth-order valence-corrected chi connectivity index (χ4v) is 1.77. The van der Waals surface area contributed by atoms with Gasteiger partial charge in [-0.25, -0.2) is 4.79 Å². The van der Waals surface area contributed by atoms with E-state index in [1.54, 1.807) is 27.7 Å². The second-order valence-electron chi connectivity index (χ2n) is 5.85. The van der Waals surface area contributed by atoms with Crippen molar-refractivity contribution in [2.75, 3.05) is 6.61 Å². The highest BCUT2D eigenvalue weighted by Gasteiger charge is 2.30. The van der Waals surface area contributed by atoms with Gasteiger partial charge in [0.05, 0.1) is 16.6 Å². The zero-order valence-electron chi connectivity index (χ0n) is 14.0. The van der Waals surface area contributed by atoms with Crippen molar-refractivity contribution in [2.24, 2.45) is 5.92 Å². The first-order valence-electron chi connectivity index (χ1n) is 7.25. The molecule has 0 bridgehead atoms. The summed E-state index contributed by atoms with van der Waals surface area (Å²) in [5.41, 5.74) is -0.889. The molecule has 0 fully saturated rings. The fourth-order valence-electron chi connectivity index (χ4n) is 1.77. The molecular weight excluding hydrogens is 314 g/mol. The number of nitro benzene ring substituents is 1. The lowest BCUT2D eigenvalue weighted by Crippen LogP contribution is -2.50. The van der Waals surface area contributed by atoms with Gasteiger partial charge in [0.25, 0.3) is 11.6 Å². The van der Waals surface area contributed by atoms with Crippen LogP contribution in [0.5, 0.6) is 0 Å². The number of nitriles is 1. The third-order valence-corrected chi connectivity index (χ3v) is 3.76. The van der Waals surface area contributed by atoms with Crippen LogP contribution in [0.25, 0.3) is 0 Å². The molecule has 1 aromatic carbocycles. The lowest BCUT2D eigenvalue weighted by molar-refractivity contribution is -0.385. The van der Waals surface area contributed by atoms with Crippen LogP contribution in [0.15, 0.2) is 18.2 Å². The van der Waals surface area contributed by atoms with Gasteiger partial charge >= 0.3 is 5.97 Å². The average molecular weight is 333 g/mol. The van der Waals surface area contributed by atoms with Gasteiger partial charge in [0.1, 0.15) is 5.54 Å². The first kappa shape index (κ1) is 19.1. The van der Waals surface area contributed by atoms with Crippen LogP contribution in [0.2, 0.25) is 0 Å². The summed E-state index contributed by atoms with van der Waals surface area (Å²) in [7, 11) is 0. The topological polar surface area (TPSA) is 122 Å². The summed E-state index contributed by atoms with van der Waals surface area (Å²) in [5.74, 6) is -1.61. The summed E-state index contributed by atoms with van der Waals surface area (Å²) < 4.78 is 4.85. The van der Waals surface area contributed by atoms with E-state index < -0.39 is 28.9 Å². The molecule has 1 N–H and O–H groups in total. The van der Waals surface area contributed by atoms with Crippen LogP contribution in [-0.2, 0) is 9.53 Å². The van der Waals surface area contributed by atoms with E-state index in [2.05, 4.69) is 5.32 Å². The molecule has 1 atom stereocenters. The van der Waals surface area contributed by atoms with Crippen molar-refractivity contribution < 1.29 is 19.2 Å². The number of aryl methyl sites for hydroxylation is 1. The average Bonchev–Trinajstić information content (AvgIpc) is 2.52. The highest BCUT2D eigenvalue weighted by Crippen LogP contribution is 2.20. The minimum Gasteiger partial charge on any atom is -0.452 e. The highest BCUT2D eigenvalue weighted by molar-refractivity contribution is 5.92. The van der Waals surface area contributed by atoms with Gasteiger partial charge in [0.15, 0.2) is 6.61 Å². The number of rotatable bonds is 6. The number of carbonyl (C=O) groups is 2. The largest absolute Gasteiger partial charge is 0.452 e. The van der Waals surface area contributed by atoms with Gasteiger partial charge in [0, 0.05) is 11.6 Å². The molecule has 0 saturated carbocycles. The number of benzene rings is 1. The molecule has 1 aromatic rings. The van der Waals surface area contributed by atoms with Crippen LogP contribution >= 0.6 is 0 Å². The molecule has 8 nitrogen and oxygen atoms in total. The van der Waals surface area contributed by atoms with Gasteiger partial charge in [-0.3, -0.25) is 14.9 Å². The van der Waals surface area contributed by atoms with E-state index in [1.165, 1.54) is 12.1 Å². The smallest absolute Gasteiger partial charge is 0.338 e. The number of amides is 1. The maximum absolute atomic E-state index is 11.9. The van der Waals surface area contributed by atoms with Gasteiger partial charge in [-0.15, -0.1) is 0 Å². The summed E-state index contributed by atoms with van der Waals surface area (Å²) in [4.78, 5) is 34.0. The second kappa shape index (κ2) is 7.55. The van der Waals surface area contributed by atoms with Gasteiger partial charge < -0.3 is 10.1 Å². The van der Waals surface area contributed by atoms with Gasteiger partial charge in [-0.1, -0.05) is 19.9 Å². The number of nitrogens with zero attached hydrogens (tertiary/aromatic N) is 2. The Morgan fingerprint density at radius 1 is 1.46 bits per heavy atom. The lowest BCUT2D eigenvalue weighted by atomic mass is 9.90. The summed E-state index contributed by atoms with van der Waals surface area (Å²) in [5, 5.41) is 22.5. The Hall–Kier alpha value is -2.95. The SMILES string of the molecule is Cc1ccc(C(=O)OCC(=O)NC(C)(C#N)C(C)C)cc1[N+](=O)[O-]. The number of nitro groups is 1. The van der Waals surface area contributed by atoms with E-state index in [9.17, 15) is 19.7 Å². The number of nitrogens with one attached hydrogen (secondary N) is 1. The van der Waals surface area contributed by atoms with Crippen molar-refractivity contribution in [3.05, 3.63) is 39.4 Å². The Morgan fingerprint density at radius 3 is 2.58 bits per heavy atom. The molecule has 1 amide bonds. The number of carbonyl (C=O) groups excluding carboxylic acids is 2. The highest BCUT2D eigenvalue weighted by atomic mass is 16.6. The lowest BCUT2D eigenvalue weighted by Gasteiger charge is -2.27. The molecule has 1 rings (SSSR count). The number of ether oxygens (including phenoxy) is 1. The molecule has 0 spiro atoms. The number of hydrogen-bond donors (Lipinski definition) is 1. The molecule has 8 heteroatoms. The fraction of sp³-hybridized carbons (Fsp3) is 0.438. The third kappa shape index (κ3) is 4.52. The van der Waals surface area contributed by atoms with E-state index in [0.717, 1.165) is 6.07 Å². The van der Waals surface area contributed by atoms with Crippen molar-refractivity contribution in [2.45, 2.75) is 33.2 Å². The summed E-state index contributed by atoms with van der Waals surface area (Å²) in [6, 6.07) is 5.92. The normalized spacial score (nSPS) is 12.8. The van der Waals surface area contributed by atoms with Crippen molar-refractivity contribution in [1.29, 1.82) is 5.26 Å². The molecular formula is C16H19N3O5. The molecule has 0 aliphatic rings. The third-order valence-electron chi connectivity index (χ3n) is 3.76. The van der Waals surface area contributed by atoms with E-state index in [4.69, 9.17) is 10.00 Å². The quantitative estimate of drug-likeness (QED) is 0.483. The Morgan fingerprint density at radius 2 is 2.08 bits per heavy atom. The van der Waals surface area contributed by atoms with Crippen LogP contribution in [0.1, 0.15) is 36.7 Å². The second-order valence-corrected chi connectivity index (χ2v) is 5.85. The van der Waals surface area contributed by atoms with Crippen molar-refractivity contribution in [3.63, 3.8) is 0 Å². The zero-order chi connectivity index (χ0) is 18.5. The number of hydrogen-bond acceptors (Lipinski definition) is 6. The summed E-state index contributed by atoms with van der Waals surface area (Å²) in [6.45, 7) is 6.10. The van der Waals surface area contributed by atoms with Gasteiger partial charge in [-0.05, 0) is 25.8 Å². The van der Waals surface area contributed by atoms with Crippen LogP contribution in [-0.4, -0.2) is 28.9 Å². The molecule has 1 unspecified atom stereocenters. The number of esters is 1. The van der Waals surface area contributed by atoms with Crippen LogP contribution < -0.4 is 5.32 Å². The standard InChI is InChI=1S/C16H19N3O5/c1-10(2)16(4,9-17)18-14(20)8-24-15(21)12-6-5-11(3)13(7-12)19(22)23/h5-7,10H,8H2,1-4H3,(H,18,20). The van der Waals surface area contributed by atoms with Crippen LogP contribution in [0.4, 0.5) is 5.69 Å². The molecule has 128 valence electrons. The Balaban J connectivity index is 2.73. The van der Waals surface area contributed by atoms with Crippen molar-refractivity contribution >= 4 is 17.6 Å². The maximum Gasteiger partial charge on any atom is 0.338 e. The summed E-state index contributed by atoms with van der Waals surface area (Å²) >= 11 is 0. The Labute approximate surface area is 139 Å². The molecule has 0 aliphatic heterocycles. The van der Waals surface area contributed by atoms with Crippen LogP contribution in [0, 0.1) is 34.3 Å². The van der Waals surface area contributed by atoms with Crippen molar-refractivity contribution in [1.82, 2.24) is 5.32 Å². The van der Waals surface area contributed by atoms with E-state index in [1.807, 2.05) is 6.07 Å². The predicted octanol–water partition coefficient (Wildman–Crippen LogP) is 2.11. The minimum absolute atomic E-state index is 0.0213. The molecule has 24 heavy (non-hydrogen) atoms. The van der Waals surface area contributed by atoms with E-state index in [-0.39, 0.29) is 17.2 Å². The van der Waals surface area contributed by atoms with Gasteiger partial charge in [0.2, 0.25) is 0 Å². The maximum atomic E-state index is 11.9. The first-order chi connectivity index (χ1) is 11.1. The molecule has 0 aromatic heterocycles. The monoisotopic (exact) mass is 333 g/mol. The van der Waals surface area contributed by atoms with Crippen molar-refractivity contribution in [3.8, 4) is 6.07 Å². The van der Waals surface area contributed by atoms with Crippen LogP contribution in [0.3, 0.4) is 0 Å².